The van der Waals surface area contributed by atoms with Crippen molar-refractivity contribution in [2.45, 2.75) is 18.9 Å². The zero-order valence-electron chi connectivity index (χ0n) is 17.9. The van der Waals surface area contributed by atoms with Crippen molar-refractivity contribution >= 4 is 23.3 Å². The summed E-state index contributed by atoms with van der Waals surface area (Å²) in [4.78, 5) is 34.3. The summed E-state index contributed by atoms with van der Waals surface area (Å²) in [5.41, 5.74) is 0.746. The molecule has 0 heterocycles. The number of carbonyl (C=O) groups is 2. The number of anilines is 1. The number of nitro benzene ring substituents is 1. The molecule has 3 N–H and O–H groups in total. The van der Waals surface area contributed by atoms with Gasteiger partial charge < -0.3 is 30.0 Å². The lowest BCUT2D eigenvalue weighted by atomic mass is 10.1. The zero-order valence-corrected chi connectivity index (χ0v) is 17.9. The molecule has 1 atom stereocenters. The van der Waals surface area contributed by atoms with E-state index in [0.717, 1.165) is 11.6 Å². The number of nitrogens with one attached hydrogen (secondary N) is 2. The van der Waals surface area contributed by atoms with Crippen molar-refractivity contribution < 1.29 is 33.8 Å². The van der Waals surface area contributed by atoms with Crippen LogP contribution in [0, 0.1) is 10.1 Å². The van der Waals surface area contributed by atoms with E-state index in [0.29, 0.717) is 24.5 Å². The molecule has 1 amide bonds. The third kappa shape index (κ3) is 6.57. The van der Waals surface area contributed by atoms with Crippen LogP contribution in [0.1, 0.15) is 12.0 Å². The van der Waals surface area contributed by atoms with Crippen LogP contribution in [0.3, 0.4) is 0 Å². The second-order valence-electron chi connectivity index (χ2n) is 6.68. The highest BCUT2D eigenvalue weighted by Gasteiger charge is 2.22. The maximum absolute atomic E-state index is 12.4. The van der Waals surface area contributed by atoms with Crippen molar-refractivity contribution in [3.8, 4) is 17.2 Å². The lowest BCUT2D eigenvalue weighted by molar-refractivity contribution is -0.384. The topological polar surface area (TPSA) is 149 Å². The number of hydrogen-bond acceptors (Lipinski definition) is 8. The molecule has 0 radical (unpaired) electrons. The number of aliphatic carboxylic acids is 1. The maximum Gasteiger partial charge on any atom is 0.321 e. The van der Waals surface area contributed by atoms with Crippen LogP contribution < -0.4 is 24.8 Å². The molecule has 0 aromatic heterocycles. The van der Waals surface area contributed by atoms with Crippen LogP contribution in [0.25, 0.3) is 0 Å². The van der Waals surface area contributed by atoms with Gasteiger partial charge in [-0.15, -0.1) is 0 Å². The van der Waals surface area contributed by atoms with E-state index in [4.69, 9.17) is 14.2 Å². The van der Waals surface area contributed by atoms with Crippen LogP contribution in [0.2, 0.25) is 0 Å². The smallest absolute Gasteiger partial charge is 0.321 e. The first-order valence-corrected chi connectivity index (χ1v) is 9.58. The molecule has 11 heteroatoms. The monoisotopic (exact) mass is 447 g/mol. The predicted molar refractivity (Wildman–Crippen MR) is 116 cm³/mol. The van der Waals surface area contributed by atoms with E-state index >= 15 is 0 Å². The van der Waals surface area contributed by atoms with E-state index in [1.807, 2.05) is 6.07 Å². The molecule has 2 aromatic carbocycles. The third-order valence-corrected chi connectivity index (χ3v) is 4.61. The fraction of sp³-hybridized carbons (Fsp3) is 0.333. The van der Waals surface area contributed by atoms with Crippen LogP contribution >= 0.6 is 0 Å². The van der Waals surface area contributed by atoms with E-state index in [1.165, 1.54) is 33.5 Å². The van der Waals surface area contributed by atoms with Crippen LogP contribution in [-0.4, -0.2) is 55.8 Å². The van der Waals surface area contributed by atoms with Gasteiger partial charge in [-0.25, -0.2) is 0 Å². The molecule has 11 nitrogen and oxygen atoms in total. The SMILES string of the molecule is COc1ccc([N+](=O)[O-])cc1NC(=O)CC(NCCc1ccc(OC)c(OC)c1)C(=O)O. The average molecular weight is 447 g/mol. The highest BCUT2D eigenvalue weighted by Crippen LogP contribution is 2.29. The molecule has 0 aliphatic heterocycles. The normalized spacial score (nSPS) is 11.3. The Labute approximate surface area is 184 Å². The van der Waals surface area contributed by atoms with E-state index < -0.39 is 22.8 Å². The van der Waals surface area contributed by atoms with Gasteiger partial charge in [0.15, 0.2) is 11.5 Å². The minimum absolute atomic E-state index is 0.0844. The van der Waals surface area contributed by atoms with E-state index in [2.05, 4.69) is 10.6 Å². The second kappa shape index (κ2) is 11.5. The van der Waals surface area contributed by atoms with E-state index in [9.17, 15) is 24.8 Å². The number of methoxy groups -OCH3 is 3. The highest BCUT2D eigenvalue weighted by molar-refractivity contribution is 5.95. The molecule has 32 heavy (non-hydrogen) atoms. The molecule has 0 spiro atoms. The molecule has 0 fully saturated rings. The Kier molecular flexibility index (Phi) is 8.78. The van der Waals surface area contributed by atoms with Crippen LogP contribution in [0.4, 0.5) is 11.4 Å². The molecule has 1 unspecified atom stereocenters. The number of amides is 1. The molecular weight excluding hydrogens is 422 g/mol. The molecule has 2 aromatic rings. The van der Waals surface area contributed by atoms with Gasteiger partial charge >= 0.3 is 5.97 Å². The number of benzene rings is 2. The fourth-order valence-electron chi connectivity index (χ4n) is 2.97. The number of carboxylic acids is 1. The summed E-state index contributed by atoms with van der Waals surface area (Å²) in [6.07, 6.45) is 0.109. The molecule has 0 aliphatic carbocycles. The average Bonchev–Trinajstić information content (AvgIpc) is 2.77. The van der Waals surface area contributed by atoms with Crippen molar-refractivity contribution in [2.75, 3.05) is 33.2 Å². The molecule has 2 rings (SSSR count). The van der Waals surface area contributed by atoms with E-state index in [1.54, 1.807) is 12.1 Å². The molecule has 0 saturated heterocycles. The zero-order chi connectivity index (χ0) is 23.7. The number of carbonyl (C=O) groups excluding carboxylic acids is 1. The number of ether oxygens (including phenoxy) is 3. The number of hydrogen-bond donors (Lipinski definition) is 3. The van der Waals surface area contributed by atoms with Gasteiger partial charge in [-0.05, 0) is 36.7 Å². The molecule has 0 aliphatic rings. The van der Waals surface area contributed by atoms with Gasteiger partial charge in [0.1, 0.15) is 11.8 Å². The Morgan fingerprint density at radius 3 is 2.28 bits per heavy atom. The Bertz CT molecular complexity index is 980. The van der Waals surface area contributed by atoms with Crippen molar-refractivity contribution in [3.63, 3.8) is 0 Å². The van der Waals surface area contributed by atoms with E-state index in [-0.39, 0.29) is 23.5 Å². The van der Waals surface area contributed by atoms with Gasteiger partial charge in [0.05, 0.1) is 38.4 Å². The molecular formula is C21H25N3O8. The number of nitrogens with zero attached hydrogens (tertiary/aromatic N) is 1. The van der Waals surface area contributed by atoms with Gasteiger partial charge in [0.2, 0.25) is 5.91 Å². The number of nitro groups is 1. The van der Waals surface area contributed by atoms with Crippen molar-refractivity contribution in [1.82, 2.24) is 5.32 Å². The number of carboxylic acid groups (broad SMARTS) is 1. The van der Waals surface area contributed by atoms with Crippen molar-refractivity contribution in [2.24, 2.45) is 0 Å². The van der Waals surface area contributed by atoms with Gasteiger partial charge in [0, 0.05) is 12.1 Å². The standard InChI is InChI=1S/C21H25N3O8/c1-30-17-7-5-14(24(28)29)11-15(17)23-20(25)12-16(21(26)27)22-9-8-13-4-6-18(31-2)19(10-13)32-3/h4-7,10-11,16,22H,8-9,12H2,1-3H3,(H,23,25)(H,26,27). The maximum atomic E-state index is 12.4. The fourth-order valence-corrected chi connectivity index (χ4v) is 2.97. The summed E-state index contributed by atoms with van der Waals surface area (Å²) < 4.78 is 15.5. The number of non-ortho nitro benzene ring substituents is 1. The molecule has 0 saturated carbocycles. The summed E-state index contributed by atoms with van der Waals surface area (Å²) in [7, 11) is 4.41. The second-order valence-corrected chi connectivity index (χ2v) is 6.68. The van der Waals surface area contributed by atoms with Crippen LogP contribution in [-0.2, 0) is 16.0 Å². The van der Waals surface area contributed by atoms with Gasteiger partial charge in [0.25, 0.3) is 5.69 Å². The van der Waals surface area contributed by atoms with Gasteiger partial charge in [-0.3, -0.25) is 19.7 Å². The van der Waals surface area contributed by atoms with Crippen LogP contribution in [0.5, 0.6) is 17.2 Å². The highest BCUT2D eigenvalue weighted by atomic mass is 16.6. The van der Waals surface area contributed by atoms with Crippen LogP contribution in [0.15, 0.2) is 36.4 Å². The summed E-state index contributed by atoms with van der Waals surface area (Å²) in [5.74, 6) is -0.462. The molecule has 172 valence electrons. The largest absolute Gasteiger partial charge is 0.495 e. The first-order chi connectivity index (χ1) is 15.3. The minimum Gasteiger partial charge on any atom is -0.495 e. The quantitative estimate of drug-likeness (QED) is 0.329. The Morgan fingerprint density at radius 2 is 1.69 bits per heavy atom. The van der Waals surface area contributed by atoms with Crippen molar-refractivity contribution in [1.29, 1.82) is 0 Å². The Morgan fingerprint density at radius 1 is 1.03 bits per heavy atom. The lowest BCUT2D eigenvalue weighted by Crippen LogP contribution is -2.40. The summed E-state index contributed by atoms with van der Waals surface area (Å²) in [6.45, 7) is 0.292. The third-order valence-electron chi connectivity index (χ3n) is 4.61. The minimum atomic E-state index is -1.20. The Balaban J connectivity index is 1.99. The first kappa shape index (κ1) is 24.4. The summed E-state index contributed by atoms with van der Waals surface area (Å²) in [6, 6.07) is 7.96. The van der Waals surface area contributed by atoms with Crippen molar-refractivity contribution in [3.05, 3.63) is 52.1 Å². The summed E-state index contributed by atoms with van der Waals surface area (Å²) >= 11 is 0. The predicted octanol–water partition coefficient (Wildman–Crippen LogP) is 2.23. The molecule has 0 bridgehead atoms. The van der Waals surface area contributed by atoms with Gasteiger partial charge in [-0.2, -0.15) is 0 Å². The van der Waals surface area contributed by atoms with Gasteiger partial charge in [-0.1, -0.05) is 6.07 Å². The Hall–Kier alpha value is -3.86. The lowest BCUT2D eigenvalue weighted by Gasteiger charge is -2.16. The summed E-state index contributed by atoms with van der Waals surface area (Å²) in [5, 5.41) is 25.7. The first-order valence-electron chi connectivity index (χ1n) is 9.58. The number of rotatable bonds is 12.